The lowest BCUT2D eigenvalue weighted by Gasteiger charge is -2.32. The maximum Gasteiger partial charge on any atom is 0.469 e. The summed E-state index contributed by atoms with van der Waals surface area (Å²) in [4.78, 5) is 8.76. The van der Waals surface area contributed by atoms with Gasteiger partial charge in [0.05, 0.1) is 28.3 Å². The van der Waals surface area contributed by atoms with E-state index in [1.54, 1.807) is 12.4 Å². The van der Waals surface area contributed by atoms with Crippen LogP contribution in [0.1, 0.15) is 33.3 Å². The largest absolute Gasteiger partial charge is 0.469 e. The smallest absolute Gasteiger partial charge is 0.467 e. The van der Waals surface area contributed by atoms with Gasteiger partial charge in [-0.2, -0.15) is 0 Å². The van der Waals surface area contributed by atoms with E-state index >= 15 is 0 Å². The average molecular weight is 324 g/mol. The van der Waals surface area contributed by atoms with Gasteiger partial charge in [0, 0.05) is 12.4 Å². The Kier molecular flexibility index (Phi) is 3.44. The van der Waals surface area contributed by atoms with Crippen molar-refractivity contribution >= 4 is 13.0 Å². The van der Waals surface area contributed by atoms with E-state index in [9.17, 15) is 0 Å². The predicted molar refractivity (Wildman–Crippen MR) is 92.7 cm³/mol. The fourth-order valence-electron chi connectivity index (χ4n) is 3.08. The Labute approximate surface area is 142 Å². The Hall–Kier alpha value is -1.92. The fourth-order valence-corrected chi connectivity index (χ4v) is 3.08. The molecule has 124 valence electrons. The van der Waals surface area contributed by atoms with Gasteiger partial charge in [-0.1, -0.05) is 12.2 Å². The van der Waals surface area contributed by atoms with E-state index in [0.717, 1.165) is 11.3 Å². The number of rotatable bonds is 2. The number of aromatic nitrogens is 1. The van der Waals surface area contributed by atoms with Gasteiger partial charge in [0.25, 0.3) is 0 Å². The molecular weight excluding hydrogens is 303 g/mol. The number of nitrogens with zero attached hydrogens (tertiary/aromatic N) is 2. The molecule has 1 aromatic rings. The minimum atomic E-state index is -0.363. The Morgan fingerprint density at radius 2 is 1.88 bits per heavy atom. The number of aliphatic imine (C=N–C) groups is 1. The van der Waals surface area contributed by atoms with Crippen molar-refractivity contribution in [2.75, 3.05) is 0 Å². The zero-order valence-corrected chi connectivity index (χ0v) is 14.4. The van der Waals surface area contributed by atoms with E-state index in [4.69, 9.17) is 14.0 Å². The lowest BCUT2D eigenvalue weighted by Crippen LogP contribution is -2.41. The van der Waals surface area contributed by atoms with Crippen molar-refractivity contribution in [3.05, 3.63) is 54.0 Å². The molecule has 24 heavy (non-hydrogen) atoms. The zero-order valence-electron chi connectivity index (χ0n) is 14.4. The summed E-state index contributed by atoms with van der Waals surface area (Å²) in [5, 5.41) is 0. The predicted octanol–water partition coefficient (Wildman–Crippen LogP) is 3.14. The van der Waals surface area contributed by atoms with E-state index in [1.165, 1.54) is 0 Å². The molecule has 2 unspecified atom stereocenters. The van der Waals surface area contributed by atoms with Gasteiger partial charge in [-0.3, -0.25) is 4.98 Å². The number of allylic oxidation sites excluding steroid dienone is 2. The minimum absolute atomic E-state index is 0.0380. The van der Waals surface area contributed by atoms with Crippen LogP contribution in [-0.2, 0) is 14.0 Å². The summed E-state index contributed by atoms with van der Waals surface area (Å²) in [5.41, 5.74) is 1.05. The standard InChI is InChI=1S/C18H21BN2O3/c1-17(2)18(3,4)24-19(23-17)13-8-5-9-14-15(13)22-16(21-14)12-7-6-10-20-11-12/h5-11,13,15H,1-4H3. The third-order valence-electron chi connectivity index (χ3n) is 5.20. The van der Waals surface area contributed by atoms with Crippen LogP contribution in [0.4, 0.5) is 0 Å². The highest BCUT2D eigenvalue weighted by atomic mass is 16.7. The van der Waals surface area contributed by atoms with Crippen molar-refractivity contribution in [2.24, 2.45) is 4.99 Å². The lowest BCUT2D eigenvalue weighted by atomic mass is 9.66. The van der Waals surface area contributed by atoms with Gasteiger partial charge in [0.1, 0.15) is 6.10 Å². The van der Waals surface area contributed by atoms with Crippen molar-refractivity contribution < 1.29 is 14.0 Å². The molecule has 0 spiro atoms. The third kappa shape index (κ3) is 2.41. The molecule has 0 radical (unpaired) electrons. The van der Waals surface area contributed by atoms with Crippen molar-refractivity contribution in [3.63, 3.8) is 0 Å². The second kappa shape index (κ2) is 5.29. The van der Waals surface area contributed by atoms with E-state index in [2.05, 4.69) is 43.7 Å². The van der Waals surface area contributed by atoms with Crippen LogP contribution in [-0.4, -0.2) is 35.3 Å². The molecule has 3 aliphatic rings. The highest BCUT2D eigenvalue weighted by molar-refractivity contribution is 6.48. The van der Waals surface area contributed by atoms with Gasteiger partial charge in [-0.15, -0.1) is 0 Å². The molecule has 0 aromatic carbocycles. The van der Waals surface area contributed by atoms with Crippen LogP contribution in [0.3, 0.4) is 0 Å². The molecule has 6 heteroatoms. The molecule has 0 amide bonds. The van der Waals surface area contributed by atoms with Crippen molar-refractivity contribution in [1.82, 2.24) is 4.98 Å². The molecule has 0 saturated carbocycles. The van der Waals surface area contributed by atoms with Crippen LogP contribution in [0.25, 0.3) is 0 Å². The molecular formula is C18H21BN2O3. The maximum absolute atomic E-state index is 6.21. The lowest BCUT2D eigenvalue weighted by molar-refractivity contribution is 0.00578. The Bertz CT molecular complexity index is 724. The summed E-state index contributed by atoms with van der Waals surface area (Å²) in [6, 6.07) is 3.82. The summed E-state index contributed by atoms with van der Waals surface area (Å²) >= 11 is 0. The molecule has 5 nitrogen and oxygen atoms in total. The SMILES string of the molecule is CC1(C)OB(C2C=CC=C3N=C(c4cccnc4)OC32)OC1(C)C. The molecule has 2 atom stereocenters. The first-order valence-corrected chi connectivity index (χ1v) is 8.27. The van der Waals surface area contributed by atoms with Crippen LogP contribution >= 0.6 is 0 Å². The van der Waals surface area contributed by atoms with Gasteiger partial charge in [0.2, 0.25) is 5.90 Å². The fraction of sp³-hybridized carbons (Fsp3) is 0.444. The normalized spacial score (nSPS) is 29.8. The first kappa shape index (κ1) is 15.6. The maximum atomic E-state index is 6.21. The molecule has 3 heterocycles. The van der Waals surface area contributed by atoms with Crippen molar-refractivity contribution in [1.29, 1.82) is 0 Å². The van der Waals surface area contributed by atoms with Crippen LogP contribution in [0.2, 0.25) is 5.82 Å². The highest BCUT2D eigenvalue weighted by Gasteiger charge is 2.56. The average Bonchev–Trinajstić information content (AvgIpc) is 3.06. The Balaban J connectivity index is 1.58. The van der Waals surface area contributed by atoms with Gasteiger partial charge in [-0.25, -0.2) is 4.99 Å². The molecule has 1 aromatic heterocycles. The number of pyridine rings is 1. The summed E-state index contributed by atoms with van der Waals surface area (Å²) in [7, 11) is -0.358. The molecule has 1 saturated heterocycles. The summed E-state index contributed by atoms with van der Waals surface area (Å²) < 4.78 is 18.6. The van der Waals surface area contributed by atoms with Gasteiger partial charge < -0.3 is 14.0 Å². The number of fused-ring (bicyclic) bond motifs is 1. The van der Waals surface area contributed by atoms with Crippen molar-refractivity contribution in [3.8, 4) is 0 Å². The minimum Gasteiger partial charge on any atom is -0.467 e. The summed E-state index contributed by atoms with van der Waals surface area (Å²) in [5.74, 6) is 0.563. The number of ether oxygens (including phenoxy) is 1. The molecule has 1 fully saturated rings. The van der Waals surface area contributed by atoms with Crippen LogP contribution in [0, 0.1) is 0 Å². The number of hydrogen-bond acceptors (Lipinski definition) is 5. The van der Waals surface area contributed by atoms with E-state index in [-0.39, 0.29) is 30.2 Å². The highest BCUT2D eigenvalue weighted by Crippen LogP contribution is 2.44. The molecule has 1 aliphatic carbocycles. The first-order valence-electron chi connectivity index (χ1n) is 8.27. The second-order valence-corrected chi connectivity index (χ2v) is 7.38. The van der Waals surface area contributed by atoms with E-state index in [1.807, 2.05) is 24.3 Å². The van der Waals surface area contributed by atoms with Crippen molar-refractivity contribution in [2.45, 2.75) is 50.8 Å². The molecule has 0 N–H and O–H groups in total. The molecule has 0 bridgehead atoms. The van der Waals surface area contributed by atoms with Gasteiger partial charge in [-0.05, 0) is 45.9 Å². The third-order valence-corrected chi connectivity index (χ3v) is 5.20. The van der Waals surface area contributed by atoms with E-state index in [0.29, 0.717) is 5.90 Å². The molecule has 2 aliphatic heterocycles. The topological polar surface area (TPSA) is 52.9 Å². The Morgan fingerprint density at radius 1 is 1.12 bits per heavy atom. The number of hydrogen-bond donors (Lipinski definition) is 0. The van der Waals surface area contributed by atoms with Crippen LogP contribution in [0.15, 0.2) is 53.4 Å². The van der Waals surface area contributed by atoms with Gasteiger partial charge >= 0.3 is 7.12 Å². The Morgan fingerprint density at radius 3 is 2.54 bits per heavy atom. The summed E-state index contributed by atoms with van der Waals surface area (Å²) in [6.45, 7) is 8.24. The van der Waals surface area contributed by atoms with Gasteiger partial charge in [0.15, 0.2) is 0 Å². The monoisotopic (exact) mass is 324 g/mol. The van der Waals surface area contributed by atoms with Crippen LogP contribution < -0.4 is 0 Å². The van der Waals surface area contributed by atoms with Crippen LogP contribution in [0.5, 0.6) is 0 Å². The first-order chi connectivity index (χ1) is 11.4. The zero-order chi connectivity index (χ0) is 16.9. The quantitative estimate of drug-likeness (QED) is 0.784. The van der Waals surface area contributed by atoms with E-state index < -0.39 is 0 Å². The molecule has 4 rings (SSSR count). The summed E-state index contributed by atoms with van der Waals surface area (Å²) in [6.07, 6.45) is 9.36. The second-order valence-electron chi connectivity index (χ2n) is 7.38.